The molecule has 0 spiro atoms. The van der Waals surface area contributed by atoms with Crippen molar-refractivity contribution in [2.24, 2.45) is 10.9 Å². The Labute approximate surface area is 134 Å². The molecule has 22 heavy (non-hydrogen) atoms. The number of nitrogens with one attached hydrogen (secondary N) is 2. The number of rotatable bonds is 6. The Hall–Kier alpha value is -1.62. The molecule has 0 bridgehead atoms. The molecule has 5 nitrogen and oxygen atoms in total. The van der Waals surface area contributed by atoms with Crippen molar-refractivity contribution in [2.75, 3.05) is 39.8 Å². The van der Waals surface area contributed by atoms with Gasteiger partial charge in [0.2, 0.25) is 0 Å². The molecule has 1 atom stereocenters. The zero-order chi connectivity index (χ0) is 15.6. The fraction of sp³-hybridized carbons (Fsp3) is 0.647. The minimum absolute atomic E-state index is 0.838. The lowest BCUT2D eigenvalue weighted by Crippen LogP contribution is -2.44. The van der Waals surface area contributed by atoms with Crippen LogP contribution in [0.1, 0.15) is 25.5 Å². The Balaban J connectivity index is 1.61. The van der Waals surface area contributed by atoms with Gasteiger partial charge >= 0.3 is 0 Å². The number of piperidine rings is 1. The molecule has 0 amide bonds. The summed E-state index contributed by atoms with van der Waals surface area (Å²) in [4.78, 5) is 11.1. The highest BCUT2D eigenvalue weighted by Gasteiger charge is 2.15. The van der Waals surface area contributed by atoms with E-state index in [1.54, 1.807) is 0 Å². The topological polar surface area (TPSA) is 52.6 Å². The lowest BCUT2D eigenvalue weighted by molar-refractivity contribution is 0.187. The molecule has 1 fully saturated rings. The van der Waals surface area contributed by atoms with Gasteiger partial charge in [0.25, 0.3) is 0 Å². The number of hydrogen-bond acceptors (Lipinski definition) is 3. The van der Waals surface area contributed by atoms with E-state index in [0.29, 0.717) is 0 Å². The van der Waals surface area contributed by atoms with Gasteiger partial charge in [0, 0.05) is 51.5 Å². The monoisotopic (exact) mass is 303 g/mol. The van der Waals surface area contributed by atoms with Gasteiger partial charge in [-0.2, -0.15) is 0 Å². The summed E-state index contributed by atoms with van der Waals surface area (Å²) in [6.07, 6.45) is 5.45. The maximum atomic E-state index is 4.32. The third kappa shape index (κ3) is 6.02. The van der Waals surface area contributed by atoms with Gasteiger partial charge in [-0.1, -0.05) is 13.0 Å². The van der Waals surface area contributed by atoms with Crippen LogP contribution in [-0.2, 0) is 6.42 Å². The van der Waals surface area contributed by atoms with Gasteiger partial charge < -0.3 is 15.5 Å². The summed E-state index contributed by atoms with van der Waals surface area (Å²) in [6, 6.07) is 6.02. The molecule has 0 aromatic carbocycles. The Morgan fingerprint density at radius 2 is 2.23 bits per heavy atom. The van der Waals surface area contributed by atoms with Crippen LogP contribution < -0.4 is 10.6 Å². The number of hydrogen-bond donors (Lipinski definition) is 2. The number of aliphatic imine (C=N–C) groups is 1. The van der Waals surface area contributed by atoms with Crippen LogP contribution in [0.2, 0.25) is 0 Å². The zero-order valence-corrected chi connectivity index (χ0v) is 13.9. The lowest BCUT2D eigenvalue weighted by atomic mass is 10.0. The van der Waals surface area contributed by atoms with Gasteiger partial charge in [-0.25, -0.2) is 0 Å². The smallest absolute Gasteiger partial charge is 0.191 e. The van der Waals surface area contributed by atoms with Crippen LogP contribution in [0.25, 0.3) is 0 Å². The van der Waals surface area contributed by atoms with Crippen LogP contribution >= 0.6 is 0 Å². The predicted octanol–water partition coefficient (Wildman–Crippen LogP) is 1.52. The molecule has 1 aliphatic rings. The van der Waals surface area contributed by atoms with Crippen molar-refractivity contribution in [1.29, 1.82) is 0 Å². The summed E-state index contributed by atoms with van der Waals surface area (Å²) >= 11 is 0. The van der Waals surface area contributed by atoms with Gasteiger partial charge in [0.15, 0.2) is 5.96 Å². The molecule has 2 rings (SSSR count). The quantitative estimate of drug-likeness (QED) is 0.618. The van der Waals surface area contributed by atoms with Crippen LogP contribution in [0.3, 0.4) is 0 Å². The zero-order valence-electron chi connectivity index (χ0n) is 13.9. The summed E-state index contributed by atoms with van der Waals surface area (Å²) in [5.74, 6) is 1.71. The molecule has 1 unspecified atom stereocenters. The first-order chi connectivity index (χ1) is 10.8. The van der Waals surface area contributed by atoms with Gasteiger partial charge in [0.1, 0.15) is 0 Å². The first kappa shape index (κ1) is 16.7. The van der Waals surface area contributed by atoms with Gasteiger partial charge in [-0.15, -0.1) is 0 Å². The highest BCUT2D eigenvalue weighted by Crippen LogP contribution is 2.14. The Bertz CT molecular complexity index is 446. The van der Waals surface area contributed by atoms with Crippen molar-refractivity contribution >= 4 is 5.96 Å². The van der Waals surface area contributed by atoms with Crippen molar-refractivity contribution in [2.45, 2.75) is 26.2 Å². The molecule has 5 heteroatoms. The van der Waals surface area contributed by atoms with Crippen molar-refractivity contribution in [3.8, 4) is 0 Å². The second-order valence-electron chi connectivity index (χ2n) is 6.04. The number of aromatic nitrogens is 1. The van der Waals surface area contributed by atoms with Gasteiger partial charge in [0.05, 0.1) is 0 Å². The van der Waals surface area contributed by atoms with E-state index in [1.807, 2.05) is 25.4 Å². The first-order valence-electron chi connectivity index (χ1n) is 8.34. The molecule has 1 aliphatic heterocycles. The van der Waals surface area contributed by atoms with E-state index in [9.17, 15) is 0 Å². The van der Waals surface area contributed by atoms with E-state index in [4.69, 9.17) is 0 Å². The standard InChI is InChI=1S/C17H29N5/c1-15-6-5-12-22(14-15)13-11-21-17(18-2)20-10-8-16-7-3-4-9-19-16/h3-4,7,9,15H,5-6,8,10-14H2,1-2H3,(H2,18,20,21). The van der Waals surface area contributed by atoms with E-state index in [0.717, 1.165) is 43.6 Å². The first-order valence-corrected chi connectivity index (χ1v) is 8.34. The van der Waals surface area contributed by atoms with Crippen molar-refractivity contribution in [3.05, 3.63) is 30.1 Å². The highest BCUT2D eigenvalue weighted by molar-refractivity contribution is 5.79. The third-order valence-electron chi connectivity index (χ3n) is 4.08. The Kier molecular flexibility index (Phi) is 7.16. The van der Waals surface area contributed by atoms with Crippen LogP contribution in [0, 0.1) is 5.92 Å². The van der Waals surface area contributed by atoms with E-state index in [1.165, 1.54) is 25.9 Å². The van der Waals surface area contributed by atoms with Crippen molar-refractivity contribution in [1.82, 2.24) is 20.5 Å². The second-order valence-corrected chi connectivity index (χ2v) is 6.04. The second kappa shape index (κ2) is 9.41. The minimum Gasteiger partial charge on any atom is -0.356 e. The minimum atomic E-state index is 0.838. The van der Waals surface area contributed by atoms with Crippen molar-refractivity contribution < 1.29 is 0 Å². The molecule has 2 heterocycles. The van der Waals surface area contributed by atoms with Crippen molar-refractivity contribution in [3.63, 3.8) is 0 Å². The summed E-state index contributed by atoms with van der Waals surface area (Å²) in [5, 5.41) is 6.74. The third-order valence-corrected chi connectivity index (χ3v) is 4.08. The Morgan fingerprint density at radius 1 is 1.36 bits per heavy atom. The predicted molar refractivity (Wildman–Crippen MR) is 92.1 cm³/mol. The largest absolute Gasteiger partial charge is 0.356 e. The van der Waals surface area contributed by atoms with Crippen LogP contribution in [0.15, 0.2) is 29.4 Å². The molecular weight excluding hydrogens is 274 g/mol. The summed E-state index contributed by atoms with van der Waals surface area (Å²) in [5.41, 5.74) is 1.10. The summed E-state index contributed by atoms with van der Waals surface area (Å²) < 4.78 is 0. The number of likely N-dealkylation sites (tertiary alicyclic amines) is 1. The lowest BCUT2D eigenvalue weighted by Gasteiger charge is -2.30. The van der Waals surface area contributed by atoms with E-state index in [2.05, 4.69) is 38.5 Å². The summed E-state index contributed by atoms with van der Waals surface area (Å²) in [6.45, 7) is 7.68. The van der Waals surface area contributed by atoms with Crippen LogP contribution in [0.4, 0.5) is 0 Å². The molecule has 2 N–H and O–H groups in total. The molecule has 1 saturated heterocycles. The molecule has 1 aromatic heterocycles. The van der Waals surface area contributed by atoms with E-state index < -0.39 is 0 Å². The van der Waals surface area contributed by atoms with E-state index >= 15 is 0 Å². The average molecular weight is 303 g/mol. The summed E-state index contributed by atoms with van der Waals surface area (Å²) in [7, 11) is 1.82. The molecular formula is C17H29N5. The molecule has 0 aliphatic carbocycles. The molecule has 122 valence electrons. The molecule has 0 saturated carbocycles. The van der Waals surface area contributed by atoms with Crippen LogP contribution in [-0.4, -0.2) is 55.6 Å². The fourth-order valence-corrected chi connectivity index (χ4v) is 2.90. The average Bonchev–Trinajstić information content (AvgIpc) is 2.54. The molecule has 0 radical (unpaired) electrons. The number of guanidine groups is 1. The van der Waals surface area contributed by atoms with E-state index in [-0.39, 0.29) is 0 Å². The maximum absolute atomic E-state index is 4.32. The number of pyridine rings is 1. The SMILES string of the molecule is CN=C(NCCc1ccccn1)NCCN1CCCC(C)C1. The normalized spacial score (nSPS) is 19.9. The van der Waals surface area contributed by atoms with Gasteiger partial charge in [-0.05, 0) is 37.4 Å². The van der Waals surface area contributed by atoms with Gasteiger partial charge in [-0.3, -0.25) is 9.98 Å². The number of nitrogens with zero attached hydrogens (tertiary/aromatic N) is 3. The fourth-order valence-electron chi connectivity index (χ4n) is 2.90. The Morgan fingerprint density at radius 3 is 2.95 bits per heavy atom. The maximum Gasteiger partial charge on any atom is 0.191 e. The highest BCUT2D eigenvalue weighted by atomic mass is 15.2. The molecule has 1 aromatic rings. The van der Waals surface area contributed by atoms with Crippen LogP contribution in [0.5, 0.6) is 0 Å².